The van der Waals surface area contributed by atoms with Crippen LogP contribution in [0.1, 0.15) is 19.8 Å². The Kier molecular flexibility index (Phi) is 5.03. The van der Waals surface area contributed by atoms with Crippen LogP contribution in [-0.4, -0.2) is 63.0 Å². The van der Waals surface area contributed by atoms with Crippen LogP contribution in [0.15, 0.2) is 0 Å². The molecule has 2 atom stereocenters. The molecule has 2 aliphatic heterocycles. The van der Waals surface area contributed by atoms with Crippen LogP contribution in [0.3, 0.4) is 0 Å². The summed E-state index contributed by atoms with van der Waals surface area (Å²) in [6.45, 7) is 9.12. The highest BCUT2D eigenvalue weighted by molar-refractivity contribution is 4.78. The van der Waals surface area contributed by atoms with Gasteiger partial charge in [-0.3, -0.25) is 4.90 Å². The zero-order valence-electron chi connectivity index (χ0n) is 10.3. The number of nitrogens with zero attached hydrogens (tertiary/aromatic N) is 1. The Bertz CT molecular complexity index is 187. The molecule has 0 saturated carbocycles. The Labute approximate surface area is 98.3 Å². The van der Waals surface area contributed by atoms with E-state index in [1.165, 1.54) is 19.4 Å². The molecule has 0 aromatic rings. The third-order valence-corrected chi connectivity index (χ3v) is 3.50. The topological polar surface area (TPSA) is 33.7 Å². The predicted molar refractivity (Wildman–Crippen MR) is 63.7 cm³/mol. The van der Waals surface area contributed by atoms with Crippen LogP contribution >= 0.6 is 0 Å². The molecule has 0 aliphatic carbocycles. The van der Waals surface area contributed by atoms with Crippen LogP contribution in [0.4, 0.5) is 0 Å². The first kappa shape index (κ1) is 12.3. The molecule has 0 radical (unpaired) electrons. The zero-order valence-corrected chi connectivity index (χ0v) is 10.3. The Morgan fingerprint density at radius 1 is 1.25 bits per heavy atom. The lowest BCUT2D eigenvalue weighted by molar-refractivity contribution is 0.0610. The smallest absolute Gasteiger partial charge is 0.0620 e. The summed E-state index contributed by atoms with van der Waals surface area (Å²) in [5.41, 5.74) is 0. The van der Waals surface area contributed by atoms with Gasteiger partial charge in [0, 0.05) is 38.3 Å². The second-order valence-electron chi connectivity index (χ2n) is 4.81. The molecule has 1 N–H and O–H groups in total. The van der Waals surface area contributed by atoms with E-state index in [9.17, 15) is 0 Å². The van der Waals surface area contributed by atoms with Gasteiger partial charge in [-0.2, -0.15) is 0 Å². The Morgan fingerprint density at radius 3 is 3.00 bits per heavy atom. The van der Waals surface area contributed by atoms with Gasteiger partial charge < -0.3 is 14.8 Å². The van der Waals surface area contributed by atoms with Gasteiger partial charge >= 0.3 is 0 Å². The summed E-state index contributed by atoms with van der Waals surface area (Å²) >= 11 is 0. The number of nitrogens with one attached hydrogen (secondary N) is 1. The van der Waals surface area contributed by atoms with Gasteiger partial charge in [0.2, 0.25) is 0 Å². The number of hydrogen-bond donors (Lipinski definition) is 1. The van der Waals surface area contributed by atoms with Gasteiger partial charge in [0.05, 0.1) is 19.8 Å². The molecule has 2 heterocycles. The summed E-state index contributed by atoms with van der Waals surface area (Å²) in [4.78, 5) is 2.54. The molecule has 0 aromatic carbocycles. The van der Waals surface area contributed by atoms with Crippen molar-refractivity contribution in [2.45, 2.75) is 31.8 Å². The van der Waals surface area contributed by atoms with E-state index in [4.69, 9.17) is 9.47 Å². The van der Waals surface area contributed by atoms with Crippen molar-refractivity contribution in [3.05, 3.63) is 0 Å². The molecule has 94 valence electrons. The van der Waals surface area contributed by atoms with Crippen molar-refractivity contribution >= 4 is 0 Å². The summed E-state index contributed by atoms with van der Waals surface area (Å²) in [6, 6.07) is 1.16. The fourth-order valence-corrected chi connectivity index (χ4v) is 2.54. The number of morpholine rings is 1. The highest BCUT2D eigenvalue weighted by atomic mass is 16.5. The van der Waals surface area contributed by atoms with Crippen LogP contribution in [0.2, 0.25) is 0 Å². The Morgan fingerprint density at radius 2 is 2.19 bits per heavy atom. The van der Waals surface area contributed by atoms with Gasteiger partial charge in [-0.05, 0) is 19.8 Å². The number of rotatable bonds is 3. The first-order valence-corrected chi connectivity index (χ1v) is 6.49. The van der Waals surface area contributed by atoms with E-state index in [2.05, 4.69) is 17.1 Å². The first-order valence-electron chi connectivity index (χ1n) is 6.49. The van der Waals surface area contributed by atoms with E-state index in [0.717, 1.165) is 39.5 Å². The first-order chi connectivity index (χ1) is 7.86. The second kappa shape index (κ2) is 6.55. The third-order valence-electron chi connectivity index (χ3n) is 3.50. The SMILES string of the molecule is CC(CC1COCCN1)N1CCCOCC1. The van der Waals surface area contributed by atoms with Crippen molar-refractivity contribution in [3.8, 4) is 0 Å². The molecule has 2 aliphatic rings. The molecular weight excluding hydrogens is 204 g/mol. The lowest BCUT2D eigenvalue weighted by Crippen LogP contribution is -2.46. The Hall–Kier alpha value is -0.160. The molecule has 0 bridgehead atoms. The Balaban J connectivity index is 1.74. The molecule has 0 amide bonds. The van der Waals surface area contributed by atoms with Crippen molar-refractivity contribution in [3.63, 3.8) is 0 Å². The summed E-state index contributed by atoms with van der Waals surface area (Å²) in [5.74, 6) is 0. The molecular formula is C12H24N2O2. The van der Waals surface area contributed by atoms with Gasteiger partial charge in [0.1, 0.15) is 0 Å². The zero-order chi connectivity index (χ0) is 11.2. The average molecular weight is 228 g/mol. The summed E-state index contributed by atoms with van der Waals surface area (Å²) in [5, 5.41) is 3.52. The minimum Gasteiger partial charge on any atom is -0.380 e. The number of ether oxygens (including phenoxy) is 2. The highest BCUT2D eigenvalue weighted by Crippen LogP contribution is 2.11. The monoisotopic (exact) mass is 228 g/mol. The van der Waals surface area contributed by atoms with Crippen molar-refractivity contribution in [2.75, 3.05) is 46.1 Å². The second-order valence-corrected chi connectivity index (χ2v) is 4.81. The van der Waals surface area contributed by atoms with E-state index in [-0.39, 0.29) is 0 Å². The minimum atomic E-state index is 0.535. The van der Waals surface area contributed by atoms with Crippen molar-refractivity contribution in [1.82, 2.24) is 10.2 Å². The fourth-order valence-electron chi connectivity index (χ4n) is 2.54. The largest absolute Gasteiger partial charge is 0.380 e. The van der Waals surface area contributed by atoms with Crippen LogP contribution in [-0.2, 0) is 9.47 Å². The number of hydrogen-bond acceptors (Lipinski definition) is 4. The van der Waals surface area contributed by atoms with Crippen molar-refractivity contribution in [1.29, 1.82) is 0 Å². The van der Waals surface area contributed by atoms with Crippen LogP contribution < -0.4 is 5.32 Å². The third kappa shape index (κ3) is 3.70. The fraction of sp³-hybridized carbons (Fsp3) is 1.00. The van der Waals surface area contributed by atoms with Crippen molar-refractivity contribution in [2.24, 2.45) is 0 Å². The van der Waals surface area contributed by atoms with Gasteiger partial charge in [-0.25, -0.2) is 0 Å². The normalized spacial score (nSPS) is 30.9. The summed E-state index contributed by atoms with van der Waals surface area (Å²) in [6.07, 6.45) is 2.35. The maximum absolute atomic E-state index is 5.49. The van der Waals surface area contributed by atoms with E-state index >= 15 is 0 Å². The lowest BCUT2D eigenvalue weighted by Gasteiger charge is -2.32. The standard InChI is InChI=1S/C12H24N2O2/c1-11(9-12-10-16-7-3-13-12)14-4-2-6-15-8-5-14/h11-13H,2-10H2,1H3. The maximum atomic E-state index is 5.49. The van der Waals surface area contributed by atoms with Gasteiger partial charge in [0.15, 0.2) is 0 Å². The molecule has 4 nitrogen and oxygen atoms in total. The van der Waals surface area contributed by atoms with Crippen LogP contribution in [0, 0.1) is 0 Å². The minimum absolute atomic E-state index is 0.535. The van der Waals surface area contributed by atoms with E-state index < -0.39 is 0 Å². The average Bonchev–Trinajstić information content (AvgIpc) is 2.59. The molecule has 4 heteroatoms. The van der Waals surface area contributed by atoms with E-state index in [0.29, 0.717) is 12.1 Å². The molecule has 2 unspecified atom stereocenters. The van der Waals surface area contributed by atoms with E-state index in [1.54, 1.807) is 0 Å². The lowest BCUT2D eigenvalue weighted by atomic mass is 10.1. The summed E-state index contributed by atoms with van der Waals surface area (Å²) in [7, 11) is 0. The van der Waals surface area contributed by atoms with Gasteiger partial charge in [0.25, 0.3) is 0 Å². The van der Waals surface area contributed by atoms with Crippen LogP contribution in [0.25, 0.3) is 0 Å². The molecule has 0 spiro atoms. The molecule has 2 saturated heterocycles. The quantitative estimate of drug-likeness (QED) is 0.761. The van der Waals surface area contributed by atoms with Gasteiger partial charge in [-0.15, -0.1) is 0 Å². The van der Waals surface area contributed by atoms with Gasteiger partial charge in [-0.1, -0.05) is 0 Å². The van der Waals surface area contributed by atoms with Crippen molar-refractivity contribution < 1.29 is 9.47 Å². The maximum Gasteiger partial charge on any atom is 0.0620 e. The van der Waals surface area contributed by atoms with Crippen LogP contribution in [0.5, 0.6) is 0 Å². The summed E-state index contributed by atoms with van der Waals surface area (Å²) < 4.78 is 11.0. The predicted octanol–water partition coefficient (Wildman–Crippen LogP) is 0.476. The molecule has 0 aromatic heterocycles. The highest BCUT2D eigenvalue weighted by Gasteiger charge is 2.21. The molecule has 2 rings (SSSR count). The molecule has 2 fully saturated rings. The molecule has 16 heavy (non-hydrogen) atoms. The van der Waals surface area contributed by atoms with E-state index in [1.807, 2.05) is 0 Å².